The van der Waals surface area contributed by atoms with Crippen LogP contribution in [0.15, 0.2) is 30.5 Å². The number of para-hydroxylation sites is 1. The van der Waals surface area contributed by atoms with Gasteiger partial charge in [0.2, 0.25) is 0 Å². The molecule has 3 aromatic rings. The van der Waals surface area contributed by atoms with E-state index in [1.807, 2.05) is 57.0 Å². The van der Waals surface area contributed by atoms with E-state index in [1.165, 1.54) is 17.5 Å². The third-order valence-corrected chi connectivity index (χ3v) is 5.47. The normalized spacial score (nSPS) is 15.2. The van der Waals surface area contributed by atoms with E-state index < -0.39 is 6.10 Å². The molecule has 0 unspecified atom stereocenters. The van der Waals surface area contributed by atoms with Gasteiger partial charge in [0, 0.05) is 12.1 Å². The summed E-state index contributed by atoms with van der Waals surface area (Å²) in [6, 6.07) is 7.71. The molecule has 4 rings (SSSR count). The Morgan fingerprint density at radius 3 is 2.69 bits per heavy atom. The molecule has 1 aromatic carbocycles. The standard InChI is InChI=1S/C11H11NOS.C10H14N3O.Li/c1-8(13)6-7-11-12-9-4-2-3-5-10(9)14-11;1-7(2)10(6-14)13-5-9(11-12-13)8-3-4-8;/h2-5,7-8,13H,1,6H2;5,7-8,10H,3-4H2,1-2H3;/q-2;-1;+1/t8-;10-;/m00./s1. The number of rotatable bonds is 7. The molecule has 1 aliphatic rings. The number of hydrogen-bond acceptors (Lipinski definition) is 6. The predicted molar refractivity (Wildman–Crippen MR) is 111 cm³/mol. The van der Waals surface area contributed by atoms with Crippen molar-refractivity contribution in [3.8, 4) is 0 Å². The van der Waals surface area contributed by atoms with E-state index in [0.29, 0.717) is 12.3 Å². The van der Waals surface area contributed by atoms with Crippen LogP contribution in [0.1, 0.15) is 55.8 Å². The quantitative estimate of drug-likeness (QED) is 0.468. The van der Waals surface area contributed by atoms with Crippen LogP contribution in [-0.2, 0) is 4.79 Å². The molecule has 8 heteroatoms. The van der Waals surface area contributed by atoms with Crippen LogP contribution < -0.4 is 18.9 Å². The predicted octanol–water partition coefficient (Wildman–Crippen LogP) is 0.900. The molecule has 150 valence electrons. The van der Waals surface area contributed by atoms with Gasteiger partial charge in [-0.15, -0.1) is 5.10 Å². The largest absolute Gasteiger partial charge is 1.00 e. The fraction of sp³-hybridized carbons (Fsp3) is 0.429. The summed E-state index contributed by atoms with van der Waals surface area (Å²) >= 11 is 1.63. The summed E-state index contributed by atoms with van der Waals surface area (Å²) in [5.41, 5.74) is 2.04. The monoisotopic (exact) mass is 404 g/mol. The first-order valence-electron chi connectivity index (χ1n) is 9.47. The molecule has 1 fully saturated rings. The van der Waals surface area contributed by atoms with Gasteiger partial charge in [0.25, 0.3) is 0 Å². The van der Waals surface area contributed by atoms with Gasteiger partial charge in [-0.05, 0) is 41.9 Å². The second-order valence-corrected chi connectivity index (χ2v) is 8.38. The van der Waals surface area contributed by atoms with E-state index in [1.54, 1.807) is 16.0 Å². The summed E-state index contributed by atoms with van der Waals surface area (Å²) in [5.74, 6) is 0.796. The molecule has 2 aromatic heterocycles. The zero-order chi connectivity index (χ0) is 20.1. The smallest absolute Gasteiger partial charge is 0.540 e. The molecule has 2 atom stereocenters. The summed E-state index contributed by atoms with van der Waals surface area (Å²) in [7, 11) is 0. The number of aliphatic hydroxyl groups is 1. The number of nitrogens with zero attached hydrogens (tertiary/aromatic N) is 4. The van der Waals surface area contributed by atoms with E-state index >= 15 is 0 Å². The van der Waals surface area contributed by atoms with E-state index in [0.717, 1.165) is 16.2 Å². The van der Waals surface area contributed by atoms with E-state index in [2.05, 4.69) is 22.2 Å². The molecular weight excluding hydrogens is 379 g/mol. The van der Waals surface area contributed by atoms with Crippen molar-refractivity contribution in [2.45, 2.75) is 51.2 Å². The van der Waals surface area contributed by atoms with Gasteiger partial charge < -0.3 is 23.2 Å². The third kappa shape index (κ3) is 6.68. The maximum atomic E-state index is 10.7. The fourth-order valence-electron chi connectivity index (χ4n) is 2.70. The van der Waals surface area contributed by atoms with Crippen LogP contribution in [0, 0.1) is 19.3 Å². The van der Waals surface area contributed by atoms with Crippen LogP contribution in [0.3, 0.4) is 0 Å². The average Bonchev–Trinajstić information content (AvgIpc) is 3.25. The Hall–Kier alpha value is -1.65. The molecule has 1 aliphatic carbocycles. The van der Waals surface area contributed by atoms with Crippen LogP contribution >= 0.6 is 11.3 Å². The molecule has 2 heterocycles. The first kappa shape index (κ1) is 23.6. The zero-order valence-corrected chi connectivity index (χ0v) is 18.0. The molecule has 0 bridgehead atoms. The van der Waals surface area contributed by atoms with Crippen molar-refractivity contribution in [1.82, 2.24) is 20.0 Å². The van der Waals surface area contributed by atoms with Crippen molar-refractivity contribution in [1.29, 1.82) is 0 Å². The number of carbonyl (C=O) groups excluding carboxylic acids is 1. The number of fused-ring (bicyclic) bond motifs is 1. The van der Waals surface area contributed by atoms with Crippen molar-refractivity contribution in [2.24, 2.45) is 5.92 Å². The van der Waals surface area contributed by atoms with Gasteiger partial charge in [-0.2, -0.15) is 17.8 Å². The van der Waals surface area contributed by atoms with Gasteiger partial charge in [-0.3, -0.25) is 9.67 Å². The van der Waals surface area contributed by atoms with Crippen LogP contribution in [0.25, 0.3) is 10.2 Å². The number of aromatic nitrogens is 4. The fourth-order valence-corrected chi connectivity index (χ4v) is 3.62. The Balaban J connectivity index is 0.000000200. The van der Waals surface area contributed by atoms with Gasteiger partial charge >= 0.3 is 18.9 Å². The Morgan fingerprint density at radius 2 is 2.10 bits per heavy atom. The second kappa shape index (κ2) is 10.9. The van der Waals surface area contributed by atoms with Crippen molar-refractivity contribution < 1.29 is 28.8 Å². The van der Waals surface area contributed by atoms with E-state index in [-0.39, 0.29) is 30.8 Å². The topological polar surface area (TPSA) is 80.9 Å². The van der Waals surface area contributed by atoms with Gasteiger partial charge in [-0.1, -0.05) is 37.3 Å². The number of hydrogen-bond donors (Lipinski definition) is 1. The van der Waals surface area contributed by atoms with Crippen LogP contribution in [0.2, 0.25) is 0 Å². The Labute approximate surface area is 187 Å². The Bertz CT molecular complexity index is 872. The Kier molecular flexibility index (Phi) is 8.91. The summed E-state index contributed by atoms with van der Waals surface area (Å²) in [4.78, 5) is 15.1. The maximum Gasteiger partial charge on any atom is 1.00 e. The Morgan fingerprint density at radius 1 is 1.38 bits per heavy atom. The zero-order valence-electron chi connectivity index (χ0n) is 17.2. The molecule has 6 nitrogen and oxygen atoms in total. The summed E-state index contributed by atoms with van der Waals surface area (Å²) in [6.07, 6.45) is 8.23. The van der Waals surface area contributed by atoms with Gasteiger partial charge in [0.15, 0.2) is 0 Å². The minimum atomic E-state index is -0.540. The molecule has 0 radical (unpaired) electrons. The SMILES string of the molecule is CC(C)[C@H]([C-]=O)n1cc(C2CC2)nn1.[CH2-][C@H](O)C[CH-]c1nc2ccccc2s1.[Li+]. The molecule has 1 saturated carbocycles. The number of benzene rings is 1. The van der Waals surface area contributed by atoms with Gasteiger partial charge in [0.1, 0.15) is 0 Å². The molecule has 29 heavy (non-hydrogen) atoms. The molecule has 0 spiro atoms. The minimum absolute atomic E-state index is 0. The number of aliphatic hydroxyl groups excluding tert-OH is 1. The van der Waals surface area contributed by atoms with E-state index in [9.17, 15) is 4.79 Å². The molecule has 0 saturated heterocycles. The van der Waals surface area contributed by atoms with E-state index in [4.69, 9.17) is 5.11 Å². The van der Waals surface area contributed by atoms with Gasteiger partial charge in [0.05, 0.1) is 15.9 Å². The summed E-state index contributed by atoms with van der Waals surface area (Å²) < 4.78 is 2.81. The van der Waals surface area contributed by atoms with Crippen molar-refractivity contribution >= 4 is 27.8 Å². The van der Waals surface area contributed by atoms with Gasteiger partial charge in [-0.25, -0.2) is 6.29 Å². The van der Waals surface area contributed by atoms with Crippen LogP contribution in [0.4, 0.5) is 0 Å². The van der Waals surface area contributed by atoms with Crippen molar-refractivity contribution in [3.63, 3.8) is 0 Å². The third-order valence-electron chi connectivity index (χ3n) is 4.44. The summed E-state index contributed by atoms with van der Waals surface area (Å²) in [6.45, 7) is 7.47. The van der Waals surface area contributed by atoms with Crippen LogP contribution in [-0.4, -0.2) is 37.5 Å². The molecule has 0 aliphatic heterocycles. The van der Waals surface area contributed by atoms with Crippen molar-refractivity contribution in [3.05, 3.63) is 54.5 Å². The molecule has 0 amide bonds. The molecular formula is C21H25LiN4O2S-2. The van der Waals surface area contributed by atoms with Crippen LogP contribution in [0.5, 0.6) is 0 Å². The maximum absolute atomic E-state index is 10.7. The first-order valence-corrected chi connectivity index (χ1v) is 10.3. The number of thiazole rings is 1. The summed E-state index contributed by atoms with van der Waals surface area (Å²) in [5, 5.41) is 18.0. The van der Waals surface area contributed by atoms with Crippen molar-refractivity contribution in [2.75, 3.05) is 0 Å². The second-order valence-electron chi connectivity index (χ2n) is 7.32. The minimum Gasteiger partial charge on any atom is -0.540 e. The average molecular weight is 404 g/mol. The molecule has 1 N–H and O–H groups in total. The first-order chi connectivity index (χ1) is 13.5.